The van der Waals surface area contributed by atoms with Crippen molar-refractivity contribution < 1.29 is 33.7 Å². The van der Waals surface area contributed by atoms with E-state index in [4.69, 9.17) is 14.2 Å². The number of aliphatic hydroxyl groups excluding tert-OH is 1. The first-order chi connectivity index (χ1) is 30.1. The predicted octanol–water partition coefficient (Wildman–Crippen LogP) is 6.27. The zero-order valence-electron chi connectivity index (χ0n) is 33.2. The number of hydrogen-bond donors (Lipinski definition) is 1. The quantitative estimate of drug-likeness (QED) is 0.0572. The fourth-order valence-corrected chi connectivity index (χ4v) is 7.62. The molecule has 62 heavy (non-hydrogen) atoms. The molecule has 0 saturated heterocycles. The molecule has 1 heterocycles. The Kier molecular flexibility index (Phi) is 11.7. The van der Waals surface area contributed by atoms with E-state index in [0.717, 1.165) is 26.1 Å². The molecule has 0 bridgehead atoms. The van der Waals surface area contributed by atoms with Crippen molar-refractivity contribution in [3.63, 3.8) is 0 Å². The Morgan fingerprint density at radius 2 is 0.935 bits per heavy atom. The summed E-state index contributed by atoms with van der Waals surface area (Å²) in [4.78, 5) is 82.7. The SMILES string of the molecule is C=CCn1c(=O)n(CC(O)COC(=O)c2c3ccccc3cc3ccccc23)c(=O)n(CC(COC(=O)c2c3ccccc3cc3ccccc23)OC(=O)c2ccccc2)c1=O. The predicted molar refractivity (Wildman–Crippen MR) is 235 cm³/mol. The first-order valence-electron chi connectivity index (χ1n) is 19.8. The van der Waals surface area contributed by atoms with Crippen molar-refractivity contribution in [2.24, 2.45) is 0 Å². The van der Waals surface area contributed by atoms with E-state index in [9.17, 15) is 33.9 Å². The summed E-state index contributed by atoms with van der Waals surface area (Å²) in [6.07, 6.45) is -1.74. The van der Waals surface area contributed by atoms with Crippen LogP contribution in [-0.2, 0) is 33.8 Å². The molecule has 8 rings (SSSR count). The summed E-state index contributed by atoms with van der Waals surface area (Å²) in [6, 6.07) is 41.1. The van der Waals surface area contributed by atoms with Gasteiger partial charge in [-0.05, 0) is 67.4 Å². The smallest absolute Gasteiger partial charge is 0.339 e. The minimum atomic E-state index is -1.59. The molecule has 13 heteroatoms. The number of allylic oxidation sites excluding steroid dienone is 1. The molecule has 0 radical (unpaired) electrons. The number of carbonyl (C=O) groups is 3. The highest BCUT2D eigenvalue weighted by molar-refractivity contribution is 6.17. The molecule has 0 aliphatic carbocycles. The van der Waals surface area contributed by atoms with Gasteiger partial charge in [-0.25, -0.2) is 42.5 Å². The average molecular weight is 830 g/mol. The molecule has 2 atom stereocenters. The minimum Gasteiger partial charge on any atom is -0.459 e. The van der Waals surface area contributed by atoms with Crippen LogP contribution in [0.4, 0.5) is 0 Å². The number of aromatic nitrogens is 3. The molecule has 1 N–H and O–H groups in total. The van der Waals surface area contributed by atoms with E-state index in [1.807, 2.05) is 60.7 Å². The maximum atomic E-state index is 14.1. The van der Waals surface area contributed by atoms with E-state index in [1.165, 1.54) is 18.2 Å². The van der Waals surface area contributed by atoms with Crippen LogP contribution in [0.5, 0.6) is 0 Å². The minimum absolute atomic E-state index is 0.152. The molecule has 8 aromatic rings. The Morgan fingerprint density at radius 1 is 0.532 bits per heavy atom. The molecule has 0 saturated carbocycles. The summed E-state index contributed by atoms with van der Waals surface area (Å²) >= 11 is 0. The van der Waals surface area contributed by atoms with Crippen LogP contribution >= 0.6 is 0 Å². The molecule has 0 fully saturated rings. The van der Waals surface area contributed by atoms with Gasteiger partial charge in [0.15, 0.2) is 6.10 Å². The third-order valence-corrected chi connectivity index (χ3v) is 10.5. The van der Waals surface area contributed by atoms with E-state index < -0.39 is 73.5 Å². The van der Waals surface area contributed by atoms with Gasteiger partial charge in [-0.1, -0.05) is 121 Å². The van der Waals surface area contributed by atoms with E-state index in [2.05, 4.69) is 6.58 Å². The van der Waals surface area contributed by atoms with Gasteiger partial charge in [-0.3, -0.25) is 0 Å². The Morgan fingerprint density at radius 3 is 1.40 bits per heavy atom. The van der Waals surface area contributed by atoms with E-state index in [1.54, 1.807) is 66.7 Å². The van der Waals surface area contributed by atoms with Gasteiger partial charge in [0.2, 0.25) is 0 Å². The zero-order chi connectivity index (χ0) is 43.3. The number of fused-ring (bicyclic) bond motifs is 4. The molecule has 1 aromatic heterocycles. The number of rotatable bonds is 14. The lowest BCUT2D eigenvalue weighted by molar-refractivity contribution is -0.00618. The second-order valence-electron chi connectivity index (χ2n) is 14.6. The molecule has 2 unspecified atom stereocenters. The largest absolute Gasteiger partial charge is 0.459 e. The summed E-state index contributed by atoms with van der Waals surface area (Å²) in [6.45, 7) is 0.756. The van der Waals surface area contributed by atoms with Gasteiger partial charge in [0, 0.05) is 0 Å². The van der Waals surface area contributed by atoms with E-state index in [-0.39, 0.29) is 23.2 Å². The fraction of sp³-hybridized carbons (Fsp3) is 0.143. The molecular weight excluding hydrogens is 791 g/mol. The number of ether oxygens (including phenoxy) is 3. The number of hydrogen-bond acceptors (Lipinski definition) is 10. The number of nitrogens with zero attached hydrogens (tertiary/aromatic N) is 3. The highest BCUT2D eigenvalue weighted by Crippen LogP contribution is 2.30. The van der Waals surface area contributed by atoms with Crippen molar-refractivity contribution >= 4 is 61.0 Å². The van der Waals surface area contributed by atoms with Crippen LogP contribution in [0.25, 0.3) is 43.1 Å². The van der Waals surface area contributed by atoms with Gasteiger partial charge in [-0.2, -0.15) is 0 Å². The molecule has 0 amide bonds. The Hall–Kier alpha value is -7.90. The maximum Gasteiger partial charge on any atom is 0.339 e. The van der Waals surface area contributed by atoms with Crippen molar-refractivity contribution in [2.45, 2.75) is 31.8 Å². The van der Waals surface area contributed by atoms with Gasteiger partial charge >= 0.3 is 35.0 Å². The first-order valence-corrected chi connectivity index (χ1v) is 19.8. The summed E-state index contributed by atoms with van der Waals surface area (Å²) in [5.41, 5.74) is -2.57. The van der Waals surface area contributed by atoms with Gasteiger partial charge < -0.3 is 19.3 Å². The summed E-state index contributed by atoms with van der Waals surface area (Å²) in [5.74, 6) is -2.30. The van der Waals surface area contributed by atoms with Crippen LogP contribution in [0, 0.1) is 0 Å². The number of benzene rings is 7. The van der Waals surface area contributed by atoms with Gasteiger partial charge in [0.25, 0.3) is 0 Å². The molecule has 0 aliphatic rings. The van der Waals surface area contributed by atoms with Crippen LogP contribution in [0.2, 0.25) is 0 Å². The van der Waals surface area contributed by atoms with E-state index in [0.29, 0.717) is 30.7 Å². The maximum absolute atomic E-state index is 14.1. The number of esters is 3. The molecule has 13 nitrogen and oxygen atoms in total. The Labute approximate surface area is 352 Å². The summed E-state index contributed by atoms with van der Waals surface area (Å²) in [5, 5.41) is 16.9. The van der Waals surface area contributed by atoms with Gasteiger partial charge in [0.1, 0.15) is 19.3 Å². The Bertz CT molecular complexity index is 3120. The highest BCUT2D eigenvalue weighted by atomic mass is 16.6. The van der Waals surface area contributed by atoms with Crippen LogP contribution in [0.15, 0.2) is 167 Å². The van der Waals surface area contributed by atoms with Gasteiger partial charge in [-0.15, -0.1) is 6.58 Å². The van der Waals surface area contributed by atoms with Crippen LogP contribution in [0.1, 0.15) is 31.1 Å². The third kappa shape index (κ3) is 8.16. The molecular formula is C49H39N3O10. The Balaban J connectivity index is 1.09. The third-order valence-electron chi connectivity index (χ3n) is 10.5. The number of aliphatic hydroxyl groups is 1. The van der Waals surface area contributed by atoms with Crippen molar-refractivity contribution in [1.82, 2.24) is 13.7 Å². The van der Waals surface area contributed by atoms with Gasteiger partial charge in [0.05, 0.1) is 36.3 Å². The van der Waals surface area contributed by atoms with Crippen LogP contribution in [0.3, 0.4) is 0 Å². The molecule has 0 aliphatic heterocycles. The molecule has 0 spiro atoms. The standard InChI is InChI=1S/C49H39N3O10/c1-2-24-50-47(57)51(27-36(53)29-60-45(55)42-38-20-10-6-16-32(38)25-33-17-7-11-21-39(33)42)49(59)52(48(50)58)28-37(62-44(54)31-14-4-3-5-15-31)30-61-46(56)43-40-22-12-8-18-34(40)26-35-19-9-13-23-41(35)43/h2-23,25-26,36-37,53H,1,24,27-30H2. The van der Waals surface area contributed by atoms with Crippen molar-refractivity contribution in [2.75, 3.05) is 13.2 Å². The number of carbonyl (C=O) groups excluding carboxylic acids is 3. The van der Waals surface area contributed by atoms with Crippen molar-refractivity contribution in [1.29, 1.82) is 0 Å². The van der Waals surface area contributed by atoms with Crippen molar-refractivity contribution in [3.05, 3.63) is 200 Å². The summed E-state index contributed by atoms with van der Waals surface area (Å²) in [7, 11) is 0. The fourth-order valence-electron chi connectivity index (χ4n) is 7.62. The average Bonchev–Trinajstić information content (AvgIpc) is 3.30. The lowest BCUT2D eigenvalue weighted by Crippen LogP contribution is -2.56. The monoisotopic (exact) mass is 829 g/mol. The highest BCUT2D eigenvalue weighted by Gasteiger charge is 2.26. The lowest BCUT2D eigenvalue weighted by atomic mass is 9.97. The summed E-state index contributed by atoms with van der Waals surface area (Å²) < 4.78 is 19.2. The molecule has 310 valence electrons. The van der Waals surface area contributed by atoms with Crippen LogP contribution < -0.4 is 17.1 Å². The van der Waals surface area contributed by atoms with Crippen molar-refractivity contribution in [3.8, 4) is 0 Å². The lowest BCUT2D eigenvalue weighted by Gasteiger charge is -2.21. The zero-order valence-corrected chi connectivity index (χ0v) is 33.2. The normalized spacial score (nSPS) is 12.3. The first kappa shape index (κ1) is 40.9. The molecule has 7 aromatic carbocycles. The van der Waals surface area contributed by atoms with E-state index >= 15 is 0 Å². The second-order valence-corrected chi connectivity index (χ2v) is 14.6. The topological polar surface area (TPSA) is 165 Å². The second kappa shape index (κ2) is 17.8. The van der Waals surface area contributed by atoms with Crippen LogP contribution in [-0.4, -0.2) is 62.1 Å².